The Morgan fingerprint density at radius 3 is 2.82 bits per heavy atom. The van der Waals surface area contributed by atoms with E-state index in [1.54, 1.807) is 0 Å². The second-order valence-electron chi connectivity index (χ2n) is 6.47. The van der Waals surface area contributed by atoms with Crippen molar-refractivity contribution in [1.29, 1.82) is 0 Å². The van der Waals surface area contributed by atoms with Gasteiger partial charge < -0.3 is 20.2 Å². The summed E-state index contributed by atoms with van der Waals surface area (Å²) >= 11 is 0. The van der Waals surface area contributed by atoms with E-state index in [9.17, 15) is 5.11 Å². The van der Waals surface area contributed by atoms with Crippen LogP contribution in [0.2, 0.25) is 0 Å². The van der Waals surface area contributed by atoms with Crippen LogP contribution in [0.1, 0.15) is 37.0 Å². The average molecular weight is 303 g/mol. The van der Waals surface area contributed by atoms with Gasteiger partial charge in [-0.15, -0.1) is 0 Å². The molecule has 0 amide bonds. The Balaban J connectivity index is 1.63. The highest BCUT2D eigenvalue weighted by Gasteiger charge is 2.18. The number of fused-ring (bicyclic) bond motifs is 1. The molecule has 1 aromatic carbocycles. The minimum absolute atomic E-state index is 0.346. The Morgan fingerprint density at radius 1 is 1.23 bits per heavy atom. The molecule has 2 N–H and O–H groups in total. The number of aliphatic hydroxyl groups is 1. The minimum Gasteiger partial charge on any atom is -0.388 e. The third kappa shape index (κ3) is 3.62. The van der Waals surface area contributed by atoms with E-state index in [2.05, 4.69) is 40.2 Å². The lowest BCUT2D eigenvalue weighted by molar-refractivity contribution is 0.136. The molecule has 4 heteroatoms. The Kier molecular flexibility index (Phi) is 5.34. The van der Waals surface area contributed by atoms with E-state index < -0.39 is 0 Å². The Hall–Kier alpha value is -1.10. The zero-order valence-corrected chi connectivity index (χ0v) is 13.7. The summed E-state index contributed by atoms with van der Waals surface area (Å²) in [5.41, 5.74) is 3.85. The predicted octanol–water partition coefficient (Wildman–Crippen LogP) is 1.79. The highest BCUT2D eigenvalue weighted by atomic mass is 16.3. The number of nitrogens with zero attached hydrogens (tertiary/aromatic N) is 2. The van der Waals surface area contributed by atoms with Gasteiger partial charge in [0.1, 0.15) is 0 Å². The third-order valence-corrected chi connectivity index (χ3v) is 5.02. The summed E-state index contributed by atoms with van der Waals surface area (Å²) in [6.45, 7) is 9.72. The van der Waals surface area contributed by atoms with E-state index in [0.717, 1.165) is 57.8 Å². The van der Waals surface area contributed by atoms with Gasteiger partial charge in [0.25, 0.3) is 0 Å². The Labute approximate surface area is 134 Å². The fraction of sp³-hybridized carbons (Fsp3) is 0.667. The molecule has 2 aliphatic heterocycles. The molecule has 0 aromatic heterocycles. The molecule has 1 atom stereocenters. The molecule has 3 rings (SSSR count). The first kappa shape index (κ1) is 15.8. The second kappa shape index (κ2) is 7.44. The molecule has 1 saturated heterocycles. The first-order chi connectivity index (χ1) is 10.8. The zero-order chi connectivity index (χ0) is 15.4. The third-order valence-electron chi connectivity index (χ3n) is 5.02. The first-order valence-electron chi connectivity index (χ1n) is 8.77. The van der Waals surface area contributed by atoms with Crippen molar-refractivity contribution in [2.24, 2.45) is 0 Å². The number of hydrogen-bond acceptors (Lipinski definition) is 4. The van der Waals surface area contributed by atoms with Gasteiger partial charge >= 0.3 is 0 Å². The van der Waals surface area contributed by atoms with Gasteiger partial charge in [-0.25, -0.2) is 0 Å². The number of benzene rings is 1. The van der Waals surface area contributed by atoms with Crippen molar-refractivity contribution < 1.29 is 5.11 Å². The largest absolute Gasteiger partial charge is 0.388 e. The van der Waals surface area contributed by atoms with Gasteiger partial charge in [-0.3, -0.25) is 0 Å². The van der Waals surface area contributed by atoms with Crippen molar-refractivity contribution in [3.05, 3.63) is 29.3 Å². The van der Waals surface area contributed by atoms with Crippen molar-refractivity contribution in [2.75, 3.05) is 50.7 Å². The highest BCUT2D eigenvalue weighted by Crippen LogP contribution is 2.30. The molecule has 1 unspecified atom stereocenters. The van der Waals surface area contributed by atoms with E-state index in [4.69, 9.17) is 0 Å². The van der Waals surface area contributed by atoms with Gasteiger partial charge in [0, 0.05) is 51.5 Å². The Morgan fingerprint density at radius 2 is 2.05 bits per heavy atom. The van der Waals surface area contributed by atoms with E-state index in [0.29, 0.717) is 0 Å². The van der Waals surface area contributed by atoms with Gasteiger partial charge in [0.15, 0.2) is 0 Å². The molecule has 22 heavy (non-hydrogen) atoms. The molecule has 4 nitrogen and oxygen atoms in total. The fourth-order valence-electron chi connectivity index (χ4n) is 3.61. The standard InChI is InChI=1S/C18H29N3O/c1-2-21-10-3-4-15-5-6-16(14-17(15)21)18(22)7-11-20-12-8-19-9-13-20/h5-6,14,18-19,22H,2-4,7-13H2,1H3. The minimum atomic E-state index is -0.346. The molecule has 1 aromatic rings. The lowest BCUT2D eigenvalue weighted by Crippen LogP contribution is -2.44. The maximum Gasteiger partial charge on any atom is 0.0803 e. The van der Waals surface area contributed by atoms with Crippen LogP contribution in [0.15, 0.2) is 18.2 Å². The molecular formula is C18H29N3O. The summed E-state index contributed by atoms with van der Waals surface area (Å²) in [6.07, 6.45) is 2.89. The highest BCUT2D eigenvalue weighted by molar-refractivity contribution is 5.57. The summed E-state index contributed by atoms with van der Waals surface area (Å²) in [5, 5.41) is 13.9. The lowest BCUT2D eigenvalue weighted by Gasteiger charge is -2.31. The SMILES string of the molecule is CCN1CCCc2ccc(C(O)CCN3CCNCC3)cc21. The van der Waals surface area contributed by atoms with Crippen LogP contribution in [-0.4, -0.2) is 55.8 Å². The van der Waals surface area contributed by atoms with E-state index in [1.807, 2.05) is 0 Å². The van der Waals surface area contributed by atoms with Crippen LogP contribution in [0.4, 0.5) is 5.69 Å². The number of piperazine rings is 1. The van der Waals surface area contributed by atoms with Crippen molar-refractivity contribution in [3.63, 3.8) is 0 Å². The number of rotatable bonds is 5. The van der Waals surface area contributed by atoms with E-state index >= 15 is 0 Å². The summed E-state index contributed by atoms with van der Waals surface area (Å²) in [7, 11) is 0. The summed E-state index contributed by atoms with van der Waals surface area (Å²) in [6, 6.07) is 6.57. The Bertz CT molecular complexity index is 485. The lowest BCUT2D eigenvalue weighted by atomic mass is 9.96. The number of anilines is 1. The van der Waals surface area contributed by atoms with Gasteiger partial charge in [0.05, 0.1) is 6.10 Å². The number of aryl methyl sites for hydroxylation is 1. The van der Waals surface area contributed by atoms with Gasteiger partial charge in [-0.2, -0.15) is 0 Å². The van der Waals surface area contributed by atoms with Crippen LogP contribution in [0.5, 0.6) is 0 Å². The molecule has 0 saturated carbocycles. The number of nitrogens with one attached hydrogen (secondary N) is 1. The van der Waals surface area contributed by atoms with Crippen molar-refractivity contribution in [1.82, 2.24) is 10.2 Å². The molecule has 2 heterocycles. The fourth-order valence-corrected chi connectivity index (χ4v) is 3.61. The molecular weight excluding hydrogens is 274 g/mol. The summed E-state index contributed by atoms with van der Waals surface area (Å²) in [5.74, 6) is 0. The maximum atomic E-state index is 10.6. The molecule has 2 aliphatic rings. The average Bonchev–Trinajstić information content (AvgIpc) is 2.59. The molecule has 1 fully saturated rings. The van der Waals surface area contributed by atoms with Crippen LogP contribution >= 0.6 is 0 Å². The number of aliphatic hydroxyl groups excluding tert-OH is 1. The van der Waals surface area contributed by atoms with Crippen LogP contribution < -0.4 is 10.2 Å². The van der Waals surface area contributed by atoms with Crippen LogP contribution in [0, 0.1) is 0 Å². The van der Waals surface area contributed by atoms with Crippen LogP contribution in [0.3, 0.4) is 0 Å². The van der Waals surface area contributed by atoms with Crippen molar-refractivity contribution in [3.8, 4) is 0 Å². The molecule has 0 radical (unpaired) electrons. The van der Waals surface area contributed by atoms with Crippen molar-refractivity contribution >= 4 is 5.69 Å². The topological polar surface area (TPSA) is 38.7 Å². The zero-order valence-electron chi connectivity index (χ0n) is 13.7. The molecule has 0 aliphatic carbocycles. The molecule has 0 bridgehead atoms. The van der Waals surface area contributed by atoms with Gasteiger partial charge in [-0.05, 0) is 43.4 Å². The smallest absolute Gasteiger partial charge is 0.0803 e. The second-order valence-corrected chi connectivity index (χ2v) is 6.47. The van der Waals surface area contributed by atoms with Crippen LogP contribution in [-0.2, 0) is 6.42 Å². The number of hydrogen-bond donors (Lipinski definition) is 2. The first-order valence-corrected chi connectivity index (χ1v) is 8.77. The van der Waals surface area contributed by atoms with E-state index in [-0.39, 0.29) is 6.10 Å². The quantitative estimate of drug-likeness (QED) is 0.870. The van der Waals surface area contributed by atoms with E-state index in [1.165, 1.54) is 24.1 Å². The predicted molar refractivity (Wildman–Crippen MR) is 91.5 cm³/mol. The molecule has 0 spiro atoms. The summed E-state index contributed by atoms with van der Waals surface area (Å²) < 4.78 is 0. The normalized spacial score (nSPS) is 20.7. The van der Waals surface area contributed by atoms with Gasteiger partial charge in [-0.1, -0.05) is 12.1 Å². The van der Waals surface area contributed by atoms with Gasteiger partial charge in [0.2, 0.25) is 0 Å². The molecule has 122 valence electrons. The van der Waals surface area contributed by atoms with Crippen molar-refractivity contribution in [2.45, 2.75) is 32.3 Å². The maximum absolute atomic E-state index is 10.6. The monoisotopic (exact) mass is 303 g/mol. The van der Waals surface area contributed by atoms with Crippen LogP contribution in [0.25, 0.3) is 0 Å². The summed E-state index contributed by atoms with van der Waals surface area (Å²) in [4.78, 5) is 4.88.